The highest BCUT2D eigenvalue weighted by atomic mass is 32.1. The summed E-state index contributed by atoms with van der Waals surface area (Å²) in [4.78, 5) is 28.8. The van der Waals surface area contributed by atoms with Crippen molar-refractivity contribution in [2.75, 3.05) is 11.9 Å². The van der Waals surface area contributed by atoms with Gasteiger partial charge in [-0.1, -0.05) is 0 Å². The maximum atomic E-state index is 11.8. The molecular formula is C14H17N3O2S2. The van der Waals surface area contributed by atoms with Crippen LogP contribution in [0.2, 0.25) is 0 Å². The number of aryl methyl sites for hydroxylation is 2. The maximum Gasteiger partial charge on any atom is 0.252 e. The minimum atomic E-state index is -0.0946. The van der Waals surface area contributed by atoms with Crippen LogP contribution in [-0.4, -0.2) is 23.3 Å². The molecule has 0 atom stereocenters. The van der Waals surface area contributed by atoms with E-state index < -0.39 is 0 Å². The van der Waals surface area contributed by atoms with Crippen LogP contribution in [0.25, 0.3) is 0 Å². The normalized spacial score (nSPS) is 10.4. The predicted octanol–water partition coefficient (Wildman–Crippen LogP) is 2.97. The second-order valence-corrected chi connectivity index (χ2v) is 6.56. The number of carbonyl (C=O) groups excluding carboxylic acids is 2. The number of thiophene rings is 1. The highest BCUT2D eigenvalue weighted by Crippen LogP contribution is 2.21. The Balaban J connectivity index is 1.66. The van der Waals surface area contributed by atoms with Gasteiger partial charge >= 0.3 is 0 Å². The number of hydrogen-bond donors (Lipinski definition) is 2. The van der Waals surface area contributed by atoms with Gasteiger partial charge in [0.25, 0.3) is 5.91 Å². The van der Waals surface area contributed by atoms with Crippen LogP contribution in [0.5, 0.6) is 0 Å². The molecule has 0 aromatic carbocycles. The third-order valence-corrected chi connectivity index (χ3v) is 4.60. The lowest BCUT2D eigenvalue weighted by molar-refractivity contribution is -0.116. The third-order valence-electron chi connectivity index (χ3n) is 2.92. The first-order valence-corrected chi connectivity index (χ1v) is 8.36. The molecule has 2 heterocycles. The molecule has 5 nitrogen and oxygen atoms in total. The van der Waals surface area contributed by atoms with Crippen molar-refractivity contribution < 1.29 is 9.59 Å². The summed E-state index contributed by atoms with van der Waals surface area (Å²) in [6, 6.07) is 1.78. The Labute approximate surface area is 131 Å². The van der Waals surface area contributed by atoms with Gasteiger partial charge in [0, 0.05) is 28.8 Å². The van der Waals surface area contributed by atoms with Crippen molar-refractivity contribution in [3.63, 3.8) is 0 Å². The second kappa shape index (κ2) is 7.33. The minimum Gasteiger partial charge on any atom is -0.352 e. The van der Waals surface area contributed by atoms with Crippen LogP contribution >= 0.6 is 22.7 Å². The standard InChI is InChI=1S/C14H17N3O2S2/c1-9-10(2)21-14(16-9)17-12(18)4-3-6-15-13(19)11-5-7-20-8-11/h5,7-8H,3-4,6H2,1-2H3,(H,15,19)(H,16,17,18). The van der Waals surface area contributed by atoms with Gasteiger partial charge < -0.3 is 10.6 Å². The molecule has 2 aromatic heterocycles. The molecule has 112 valence electrons. The molecule has 0 unspecified atom stereocenters. The van der Waals surface area contributed by atoms with Gasteiger partial charge in [-0.3, -0.25) is 9.59 Å². The number of aromatic nitrogens is 1. The zero-order chi connectivity index (χ0) is 15.2. The van der Waals surface area contributed by atoms with E-state index in [1.165, 1.54) is 22.7 Å². The van der Waals surface area contributed by atoms with E-state index in [1.807, 2.05) is 19.2 Å². The summed E-state index contributed by atoms with van der Waals surface area (Å²) < 4.78 is 0. The lowest BCUT2D eigenvalue weighted by Gasteiger charge is -2.04. The SMILES string of the molecule is Cc1nc(NC(=O)CCCNC(=O)c2ccsc2)sc1C. The average Bonchev–Trinajstić information content (AvgIpc) is 3.06. The third kappa shape index (κ3) is 4.64. The van der Waals surface area contributed by atoms with Crippen LogP contribution in [-0.2, 0) is 4.79 Å². The van der Waals surface area contributed by atoms with Gasteiger partial charge in [0.2, 0.25) is 5.91 Å². The molecule has 2 aromatic rings. The number of carbonyl (C=O) groups is 2. The monoisotopic (exact) mass is 323 g/mol. The number of rotatable bonds is 6. The Hall–Kier alpha value is -1.73. The molecule has 0 spiro atoms. The number of nitrogens with one attached hydrogen (secondary N) is 2. The average molecular weight is 323 g/mol. The summed E-state index contributed by atoms with van der Waals surface area (Å²) in [5.74, 6) is -0.170. The van der Waals surface area contributed by atoms with E-state index in [4.69, 9.17) is 0 Å². The van der Waals surface area contributed by atoms with E-state index in [2.05, 4.69) is 15.6 Å². The smallest absolute Gasteiger partial charge is 0.252 e. The first-order chi connectivity index (χ1) is 10.1. The van der Waals surface area contributed by atoms with E-state index in [0.29, 0.717) is 30.1 Å². The number of anilines is 1. The summed E-state index contributed by atoms with van der Waals surface area (Å²) in [6.07, 6.45) is 0.965. The van der Waals surface area contributed by atoms with Crippen LogP contribution in [0.3, 0.4) is 0 Å². The molecule has 0 aliphatic carbocycles. The van der Waals surface area contributed by atoms with Gasteiger partial charge in [-0.05, 0) is 31.7 Å². The quantitative estimate of drug-likeness (QED) is 0.803. The fraction of sp³-hybridized carbons (Fsp3) is 0.357. The van der Waals surface area contributed by atoms with Gasteiger partial charge in [-0.2, -0.15) is 11.3 Å². The van der Waals surface area contributed by atoms with Crippen molar-refractivity contribution in [3.8, 4) is 0 Å². The molecule has 0 bridgehead atoms. The van der Waals surface area contributed by atoms with E-state index >= 15 is 0 Å². The number of thiazole rings is 1. The highest BCUT2D eigenvalue weighted by Gasteiger charge is 2.08. The van der Waals surface area contributed by atoms with Crippen molar-refractivity contribution in [3.05, 3.63) is 33.0 Å². The van der Waals surface area contributed by atoms with Crippen LogP contribution in [0, 0.1) is 13.8 Å². The largest absolute Gasteiger partial charge is 0.352 e. The minimum absolute atomic E-state index is 0.0754. The molecule has 2 N–H and O–H groups in total. The fourth-order valence-electron chi connectivity index (χ4n) is 1.65. The molecule has 2 rings (SSSR count). The molecular weight excluding hydrogens is 306 g/mol. The van der Waals surface area contributed by atoms with Gasteiger partial charge in [-0.25, -0.2) is 4.98 Å². The molecule has 0 fully saturated rings. The van der Waals surface area contributed by atoms with Crippen molar-refractivity contribution in [2.45, 2.75) is 26.7 Å². The lowest BCUT2D eigenvalue weighted by Crippen LogP contribution is -2.25. The number of amides is 2. The molecule has 0 aliphatic rings. The number of nitrogens with zero attached hydrogens (tertiary/aromatic N) is 1. The first kappa shape index (κ1) is 15.7. The van der Waals surface area contributed by atoms with Crippen molar-refractivity contribution in [1.82, 2.24) is 10.3 Å². The first-order valence-electron chi connectivity index (χ1n) is 6.60. The van der Waals surface area contributed by atoms with Crippen LogP contribution in [0.1, 0.15) is 33.8 Å². The summed E-state index contributed by atoms with van der Waals surface area (Å²) in [5.41, 5.74) is 1.61. The highest BCUT2D eigenvalue weighted by molar-refractivity contribution is 7.15. The Morgan fingerprint density at radius 3 is 2.76 bits per heavy atom. The summed E-state index contributed by atoms with van der Waals surface area (Å²) >= 11 is 2.96. The molecule has 0 aliphatic heterocycles. The Morgan fingerprint density at radius 2 is 2.14 bits per heavy atom. The van der Waals surface area contributed by atoms with Crippen LogP contribution < -0.4 is 10.6 Å². The number of hydrogen-bond acceptors (Lipinski definition) is 5. The topological polar surface area (TPSA) is 71.1 Å². The van der Waals surface area contributed by atoms with Gasteiger partial charge in [0.05, 0.1) is 5.69 Å². The molecule has 21 heavy (non-hydrogen) atoms. The van der Waals surface area contributed by atoms with E-state index in [0.717, 1.165) is 10.6 Å². The van der Waals surface area contributed by atoms with Crippen molar-refractivity contribution in [1.29, 1.82) is 0 Å². The zero-order valence-electron chi connectivity index (χ0n) is 11.9. The molecule has 0 radical (unpaired) electrons. The molecule has 2 amide bonds. The molecule has 0 saturated heterocycles. The Morgan fingerprint density at radius 1 is 1.33 bits per heavy atom. The summed E-state index contributed by atoms with van der Waals surface area (Å²) in [7, 11) is 0. The van der Waals surface area contributed by atoms with Crippen molar-refractivity contribution >= 4 is 39.6 Å². The Bertz CT molecular complexity index is 601. The summed E-state index contributed by atoms with van der Waals surface area (Å²) in [5, 5.41) is 9.87. The fourth-order valence-corrected chi connectivity index (χ4v) is 3.12. The van der Waals surface area contributed by atoms with Gasteiger partial charge in [0.1, 0.15) is 0 Å². The predicted molar refractivity (Wildman–Crippen MR) is 86.1 cm³/mol. The zero-order valence-corrected chi connectivity index (χ0v) is 13.6. The van der Waals surface area contributed by atoms with E-state index in [9.17, 15) is 9.59 Å². The van der Waals surface area contributed by atoms with E-state index in [-0.39, 0.29) is 11.8 Å². The van der Waals surface area contributed by atoms with Crippen LogP contribution in [0.15, 0.2) is 16.8 Å². The van der Waals surface area contributed by atoms with Gasteiger partial charge in [-0.15, -0.1) is 11.3 Å². The van der Waals surface area contributed by atoms with Crippen LogP contribution in [0.4, 0.5) is 5.13 Å². The summed E-state index contributed by atoms with van der Waals surface area (Å²) in [6.45, 7) is 4.38. The second-order valence-electron chi connectivity index (χ2n) is 4.58. The maximum absolute atomic E-state index is 11.8. The molecule has 0 saturated carbocycles. The Kier molecular flexibility index (Phi) is 5.46. The van der Waals surface area contributed by atoms with Crippen molar-refractivity contribution in [2.24, 2.45) is 0 Å². The van der Waals surface area contributed by atoms with Gasteiger partial charge in [0.15, 0.2) is 5.13 Å². The lowest BCUT2D eigenvalue weighted by atomic mass is 10.2. The molecule has 7 heteroatoms. The van der Waals surface area contributed by atoms with E-state index in [1.54, 1.807) is 11.4 Å².